The second-order valence-electron chi connectivity index (χ2n) is 5.67. The number of carbonyl (C=O) groups is 2. The van der Waals surface area contributed by atoms with E-state index in [9.17, 15) is 24.9 Å². The van der Waals surface area contributed by atoms with Crippen molar-refractivity contribution in [3.8, 4) is 0 Å². The van der Waals surface area contributed by atoms with E-state index in [1.54, 1.807) is 18.2 Å². The second kappa shape index (κ2) is 8.06. The number of hydrogen-bond acceptors (Lipinski definition) is 7. The molecule has 0 fully saturated rings. The van der Waals surface area contributed by atoms with Crippen molar-refractivity contribution in [3.63, 3.8) is 0 Å². The number of carbonyl (C=O) groups excluding carboxylic acids is 1. The molecule has 9 heteroatoms. The number of aliphatic carboxylic acids is 1. The van der Waals surface area contributed by atoms with Gasteiger partial charge in [0.15, 0.2) is 0 Å². The van der Waals surface area contributed by atoms with E-state index in [0.717, 1.165) is 0 Å². The summed E-state index contributed by atoms with van der Waals surface area (Å²) in [6, 6.07) is 4.13. The first-order valence-corrected chi connectivity index (χ1v) is 7.62. The molecular formula is C16H20N2O7. The molecule has 9 nitrogen and oxygen atoms in total. The number of ether oxygens (including phenoxy) is 1. The van der Waals surface area contributed by atoms with Crippen LogP contribution in [0.1, 0.15) is 18.5 Å². The summed E-state index contributed by atoms with van der Waals surface area (Å²) < 4.78 is 5.30. The van der Waals surface area contributed by atoms with Crippen LogP contribution in [0.2, 0.25) is 0 Å². The molecule has 0 unspecified atom stereocenters. The molecule has 2 heterocycles. The zero-order chi connectivity index (χ0) is 18.6. The van der Waals surface area contributed by atoms with Gasteiger partial charge < -0.3 is 30.5 Å². The topological polar surface area (TPSA) is 149 Å². The average Bonchev–Trinajstić information content (AvgIpc) is 2.60. The van der Waals surface area contributed by atoms with Crippen LogP contribution in [0.25, 0.3) is 0 Å². The zero-order valence-corrected chi connectivity index (χ0v) is 13.4. The van der Waals surface area contributed by atoms with Gasteiger partial charge in [-0.1, -0.05) is 6.07 Å². The summed E-state index contributed by atoms with van der Waals surface area (Å²) in [5.74, 6) is -2.95. The molecule has 0 spiro atoms. The van der Waals surface area contributed by atoms with Gasteiger partial charge in [0.25, 0.3) is 0 Å². The van der Waals surface area contributed by atoms with Crippen LogP contribution in [0.3, 0.4) is 0 Å². The first-order chi connectivity index (χ1) is 11.8. The Labute approximate surface area is 143 Å². The van der Waals surface area contributed by atoms with Gasteiger partial charge in [-0.15, -0.1) is 0 Å². The molecule has 0 aromatic carbocycles. The molecule has 1 amide bonds. The minimum absolute atomic E-state index is 0.433. The Morgan fingerprint density at radius 1 is 1.36 bits per heavy atom. The molecule has 0 radical (unpaired) electrons. The summed E-state index contributed by atoms with van der Waals surface area (Å²) in [5.41, 5.74) is 0.457. The smallest absolute Gasteiger partial charge is 0.370 e. The van der Waals surface area contributed by atoms with E-state index in [-0.39, 0.29) is 0 Å². The van der Waals surface area contributed by atoms with Crippen LogP contribution in [0.15, 0.2) is 36.2 Å². The number of aromatic nitrogens is 1. The van der Waals surface area contributed by atoms with Crippen LogP contribution >= 0.6 is 0 Å². The Balaban J connectivity index is 2.49. The van der Waals surface area contributed by atoms with Crippen LogP contribution in [-0.2, 0) is 14.3 Å². The summed E-state index contributed by atoms with van der Waals surface area (Å²) in [5, 5.41) is 40.9. The fraction of sp³-hybridized carbons (Fsp3) is 0.438. The molecule has 1 aromatic rings. The number of rotatable bonds is 6. The van der Waals surface area contributed by atoms with Crippen molar-refractivity contribution >= 4 is 11.9 Å². The number of carboxylic acid groups (broad SMARTS) is 1. The molecule has 1 aliphatic rings. The molecule has 136 valence electrons. The molecule has 5 N–H and O–H groups in total. The van der Waals surface area contributed by atoms with Gasteiger partial charge in [-0.25, -0.2) is 4.79 Å². The maximum Gasteiger partial charge on any atom is 0.370 e. The van der Waals surface area contributed by atoms with E-state index in [0.29, 0.717) is 5.69 Å². The number of carboxylic acids is 1. The summed E-state index contributed by atoms with van der Waals surface area (Å²) in [7, 11) is 0. The highest BCUT2D eigenvalue weighted by atomic mass is 16.5. The normalized spacial score (nSPS) is 25.3. The third-order valence-corrected chi connectivity index (χ3v) is 3.86. The molecule has 5 atom stereocenters. The molecule has 0 aliphatic carbocycles. The largest absolute Gasteiger partial charge is 0.478 e. The zero-order valence-electron chi connectivity index (χ0n) is 13.4. The second-order valence-corrected chi connectivity index (χ2v) is 5.67. The number of aliphatic hydroxyl groups is 3. The number of aliphatic hydroxyl groups excluding tert-OH is 3. The highest BCUT2D eigenvalue weighted by molar-refractivity contribution is 5.85. The minimum Gasteiger partial charge on any atom is -0.478 e. The standard InChI is InChI=1S/C16H20N2O7/c1-8(20)18-13-9(10-4-2-3-5-17-10)6-12(16(23)24)25-15(13)14(22)11(21)7-19/h2-6,9,11,13-15,19,21-22H,7H2,1H3,(H,18,20)(H,23,24)/t9-,11+,13+,14+,15+/m0/s1. The lowest BCUT2D eigenvalue weighted by molar-refractivity contribution is -0.146. The molecule has 2 rings (SSSR count). The summed E-state index contributed by atoms with van der Waals surface area (Å²) in [4.78, 5) is 27.1. The Bertz CT molecular complexity index is 649. The molecule has 1 aliphatic heterocycles. The molecule has 0 bridgehead atoms. The molecule has 0 saturated heterocycles. The molecular weight excluding hydrogens is 332 g/mol. The van der Waals surface area contributed by atoms with E-state index in [2.05, 4.69) is 10.3 Å². The number of nitrogens with one attached hydrogen (secondary N) is 1. The van der Waals surface area contributed by atoms with Crippen LogP contribution in [-0.4, -0.2) is 68.2 Å². The maximum atomic E-state index is 11.6. The first-order valence-electron chi connectivity index (χ1n) is 7.62. The highest BCUT2D eigenvalue weighted by Crippen LogP contribution is 2.32. The SMILES string of the molecule is CC(=O)N[C@H]1[C@H]([C@H](O)[C@H](O)CO)OC(C(=O)O)=C[C@H]1c1ccccn1. The van der Waals surface area contributed by atoms with E-state index in [1.165, 1.54) is 19.2 Å². The maximum absolute atomic E-state index is 11.6. The number of hydrogen-bond donors (Lipinski definition) is 5. The van der Waals surface area contributed by atoms with E-state index < -0.39 is 54.5 Å². The first kappa shape index (κ1) is 18.8. The van der Waals surface area contributed by atoms with Crippen molar-refractivity contribution in [2.24, 2.45) is 0 Å². The van der Waals surface area contributed by atoms with E-state index in [4.69, 9.17) is 9.84 Å². The third kappa shape index (κ3) is 4.32. The van der Waals surface area contributed by atoms with Gasteiger partial charge in [0.05, 0.1) is 12.6 Å². The van der Waals surface area contributed by atoms with Gasteiger partial charge in [0.2, 0.25) is 11.7 Å². The predicted octanol–water partition coefficient (Wildman–Crippen LogP) is -1.25. The Morgan fingerprint density at radius 2 is 2.08 bits per heavy atom. The fourth-order valence-corrected chi connectivity index (χ4v) is 2.71. The van der Waals surface area contributed by atoms with Crippen molar-refractivity contribution in [2.75, 3.05) is 6.61 Å². The summed E-state index contributed by atoms with van der Waals surface area (Å²) in [6.07, 6.45) is -1.69. The lowest BCUT2D eigenvalue weighted by Crippen LogP contribution is -2.57. The van der Waals surface area contributed by atoms with Crippen LogP contribution < -0.4 is 5.32 Å². The lowest BCUT2D eigenvalue weighted by atomic mass is 9.85. The highest BCUT2D eigenvalue weighted by Gasteiger charge is 2.44. The van der Waals surface area contributed by atoms with E-state index >= 15 is 0 Å². The van der Waals surface area contributed by atoms with Crippen molar-refractivity contribution < 1.29 is 34.8 Å². The molecule has 25 heavy (non-hydrogen) atoms. The van der Waals surface area contributed by atoms with Gasteiger partial charge in [-0.05, 0) is 18.2 Å². The van der Waals surface area contributed by atoms with Crippen molar-refractivity contribution in [3.05, 3.63) is 41.9 Å². The molecule has 1 aromatic heterocycles. The number of nitrogens with zero attached hydrogens (tertiary/aromatic N) is 1. The van der Waals surface area contributed by atoms with Crippen molar-refractivity contribution in [2.45, 2.75) is 37.2 Å². The Kier molecular flexibility index (Phi) is 6.07. The van der Waals surface area contributed by atoms with Gasteiger partial charge in [0.1, 0.15) is 18.3 Å². The average molecular weight is 352 g/mol. The fourth-order valence-electron chi connectivity index (χ4n) is 2.71. The van der Waals surface area contributed by atoms with Crippen LogP contribution in [0.4, 0.5) is 0 Å². The number of amides is 1. The minimum atomic E-state index is -1.63. The van der Waals surface area contributed by atoms with Crippen LogP contribution in [0, 0.1) is 0 Å². The quantitative estimate of drug-likeness (QED) is 0.426. The Hall–Kier alpha value is -2.49. The predicted molar refractivity (Wildman–Crippen MR) is 84.3 cm³/mol. The lowest BCUT2D eigenvalue weighted by Gasteiger charge is -2.39. The Morgan fingerprint density at radius 3 is 2.60 bits per heavy atom. The van der Waals surface area contributed by atoms with Crippen LogP contribution in [0.5, 0.6) is 0 Å². The number of pyridine rings is 1. The third-order valence-electron chi connectivity index (χ3n) is 3.86. The van der Waals surface area contributed by atoms with Crippen molar-refractivity contribution in [1.29, 1.82) is 0 Å². The van der Waals surface area contributed by atoms with Gasteiger partial charge >= 0.3 is 5.97 Å². The summed E-state index contributed by atoms with van der Waals surface area (Å²) in [6.45, 7) is 0.506. The summed E-state index contributed by atoms with van der Waals surface area (Å²) >= 11 is 0. The van der Waals surface area contributed by atoms with Gasteiger partial charge in [-0.3, -0.25) is 9.78 Å². The van der Waals surface area contributed by atoms with Crippen molar-refractivity contribution in [1.82, 2.24) is 10.3 Å². The molecule has 0 saturated carbocycles. The van der Waals surface area contributed by atoms with Gasteiger partial charge in [0, 0.05) is 24.7 Å². The monoisotopic (exact) mass is 352 g/mol. The van der Waals surface area contributed by atoms with Gasteiger partial charge in [-0.2, -0.15) is 0 Å². The van der Waals surface area contributed by atoms with E-state index in [1.807, 2.05) is 0 Å².